The molecule has 0 aliphatic carbocycles. The van der Waals surface area contributed by atoms with Crippen molar-refractivity contribution in [2.45, 2.75) is 25.9 Å². The molecule has 1 heterocycles. The zero-order valence-electron chi connectivity index (χ0n) is 12.7. The highest BCUT2D eigenvalue weighted by Crippen LogP contribution is 2.24. The van der Waals surface area contributed by atoms with Crippen molar-refractivity contribution in [3.63, 3.8) is 0 Å². The highest BCUT2D eigenvalue weighted by molar-refractivity contribution is 7.18. The first-order chi connectivity index (χ1) is 11.4. The third-order valence-corrected chi connectivity index (χ3v) is 4.54. The number of carbonyl (C=O) groups is 2. The maximum atomic E-state index is 11.9. The number of nitro benzene ring substituents is 1. The number of benzene rings is 1. The van der Waals surface area contributed by atoms with E-state index in [1.54, 1.807) is 25.1 Å². The molecule has 0 amide bonds. The van der Waals surface area contributed by atoms with Gasteiger partial charge in [0.05, 0.1) is 20.6 Å². The van der Waals surface area contributed by atoms with Crippen molar-refractivity contribution in [1.29, 1.82) is 0 Å². The van der Waals surface area contributed by atoms with Gasteiger partial charge in [-0.05, 0) is 24.6 Å². The van der Waals surface area contributed by atoms with Gasteiger partial charge in [-0.1, -0.05) is 23.7 Å². The molecule has 2 aromatic rings. The molecule has 8 heteroatoms. The number of non-ortho nitro benzene ring substituents is 1. The van der Waals surface area contributed by atoms with Crippen LogP contribution in [0.1, 0.15) is 41.1 Å². The number of nitro groups is 1. The number of hydrogen-bond acceptors (Lipinski definition) is 6. The van der Waals surface area contributed by atoms with Crippen LogP contribution in [0.25, 0.3) is 0 Å². The van der Waals surface area contributed by atoms with Crippen LogP contribution in [0.5, 0.6) is 0 Å². The van der Waals surface area contributed by atoms with Crippen LogP contribution in [0.15, 0.2) is 36.4 Å². The number of esters is 1. The minimum atomic E-state index is -0.635. The van der Waals surface area contributed by atoms with E-state index in [0.29, 0.717) is 14.8 Å². The summed E-state index contributed by atoms with van der Waals surface area (Å²) >= 11 is 6.93. The van der Waals surface area contributed by atoms with Gasteiger partial charge in [0, 0.05) is 18.6 Å². The lowest BCUT2D eigenvalue weighted by Gasteiger charge is -2.13. The molecule has 1 atom stereocenters. The Balaban J connectivity index is 1.88. The molecule has 0 spiro atoms. The van der Waals surface area contributed by atoms with Crippen molar-refractivity contribution in [2.24, 2.45) is 0 Å². The molecule has 1 aromatic heterocycles. The summed E-state index contributed by atoms with van der Waals surface area (Å²) in [6.45, 7) is 1.62. The first-order valence-corrected chi connectivity index (χ1v) is 8.28. The second kappa shape index (κ2) is 8.03. The zero-order valence-corrected chi connectivity index (χ0v) is 14.3. The molecular formula is C16H14ClNO5S. The number of ketones is 1. The fourth-order valence-electron chi connectivity index (χ4n) is 2.02. The molecule has 0 saturated heterocycles. The van der Waals surface area contributed by atoms with E-state index in [2.05, 4.69) is 0 Å². The van der Waals surface area contributed by atoms with Crippen molar-refractivity contribution >= 4 is 40.4 Å². The number of rotatable bonds is 7. The summed E-state index contributed by atoms with van der Waals surface area (Å²) in [6, 6.07) is 9.14. The average molecular weight is 368 g/mol. The maximum absolute atomic E-state index is 11.9. The molecule has 0 radical (unpaired) electrons. The van der Waals surface area contributed by atoms with E-state index in [0.717, 1.165) is 11.3 Å². The van der Waals surface area contributed by atoms with Crippen molar-refractivity contribution in [1.82, 2.24) is 0 Å². The van der Waals surface area contributed by atoms with Crippen LogP contribution >= 0.6 is 22.9 Å². The van der Waals surface area contributed by atoms with Gasteiger partial charge < -0.3 is 4.74 Å². The maximum Gasteiger partial charge on any atom is 0.306 e. The number of thiophene rings is 1. The molecule has 0 fully saturated rings. The predicted molar refractivity (Wildman–Crippen MR) is 90.5 cm³/mol. The zero-order chi connectivity index (χ0) is 17.7. The highest BCUT2D eigenvalue weighted by Gasteiger charge is 2.17. The van der Waals surface area contributed by atoms with Gasteiger partial charge in [0.2, 0.25) is 0 Å². The van der Waals surface area contributed by atoms with Crippen LogP contribution in [0.4, 0.5) is 5.69 Å². The second-order valence-electron chi connectivity index (χ2n) is 5.01. The summed E-state index contributed by atoms with van der Waals surface area (Å²) in [4.78, 5) is 34.5. The van der Waals surface area contributed by atoms with Crippen LogP contribution in [0.2, 0.25) is 4.34 Å². The molecule has 0 aliphatic rings. The number of hydrogen-bond donors (Lipinski definition) is 0. The normalized spacial score (nSPS) is 11.8. The van der Waals surface area contributed by atoms with Crippen LogP contribution in [0, 0.1) is 10.1 Å². The molecule has 0 unspecified atom stereocenters. The highest BCUT2D eigenvalue weighted by atomic mass is 35.5. The molecule has 0 bridgehead atoms. The quantitative estimate of drug-likeness (QED) is 0.309. The summed E-state index contributed by atoms with van der Waals surface area (Å²) in [7, 11) is 0. The predicted octanol–water partition coefficient (Wildman–Crippen LogP) is 4.58. The van der Waals surface area contributed by atoms with Crippen molar-refractivity contribution in [3.8, 4) is 0 Å². The van der Waals surface area contributed by atoms with Gasteiger partial charge in [-0.25, -0.2) is 0 Å². The van der Waals surface area contributed by atoms with Gasteiger partial charge in [0.1, 0.15) is 6.10 Å². The molecule has 24 heavy (non-hydrogen) atoms. The van der Waals surface area contributed by atoms with E-state index in [9.17, 15) is 19.7 Å². The first-order valence-electron chi connectivity index (χ1n) is 7.09. The molecular weight excluding hydrogens is 354 g/mol. The van der Waals surface area contributed by atoms with E-state index in [1.807, 2.05) is 0 Å². The Kier molecular flexibility index (Phi) is 6.05. The Morgan fingerprint density at radius 2 is 2.04 bits per heavy atom. The fraction of sp³-hybridized carbons (Fsp3) is 0.250. The summed E-state index contributed by atoms with van der Waals surface area (Å²) in [5.74, 6) is -0.711. The monoisotopic (exact) mass is 367 g/mol. The van der Waals surface area contributed by atoms with E-state index in [-0.39, 0.29) is 24.3 Å². The van der Waals surface area contributed by atoms with Gasteiger partial charge in [-0.15, -0.1) is 11.3 Å². The van der Waals surface area contributed by atoms with E-state index in [4.69, 9.17) is 16.3 Å². The van der Waals surface area contributed by atoms with E-state index < -0.39 is 17.0 Å². The summed E-state index contributed by atoms with van der Waals surface area (Å²) in [5.41, 5.74) is 0.453. The Morgan fingerprint density at radius 3 is 2.67 bits per heavy atom. The molecule has 1 aromatic carbocycles. The number of nitrogens with zero attached hydrogens (tertiary/aromatic N) is 1. The smallest absolute Gasteiger partial charge is 0.306 e. The lowest BCUT2D eigenvalue weighted by molar-refractivity contribution is -0.385. The topological polar surface area (TPSA) is 86.5 Å². The van der Waals surface area contributed by atoms with E-state index in [1.165, 1.54) is 18.2 Å². The lowest BCUT2D eigenvalue weighted by atomic mass is 10.1. The van der Waals surface area contributed by atoms with Crippen molar-refractivity contribution < 1.29 is 19.2 Å². The number of carbonyl (C=O) groups excluding carboxylic acids is 2. The number of Topliss-reactive ketones (excluding diaryl/α,β-unsaturated/α-hetero) is 1. The van der Waals surface area contributed by atoms with Crippen LogP contribution in [-0.4, -0.2) is 16.7 Å². The average Bonchev–Trinajstić information content (AvgIpc) is 2.99. The molecule has 6 nitrogen and oxygen atoms in total. The van der Waals surface area contributed by atoms with Gasteiger partial charge in [-0.2, -0.15) is 0 Å². The van der Waals surface area contributed by atoms with Crippen LogP contribution in [0.3, 0.4) is 0 Å². The van der Waals surface area contributed by atoms with Crippen LogP contribution < -0.4 is 0 Å². The third-order valence-electron chi connectivity index (χ3n) is 3.26. The largest absolute Gasteiger partial charge is 0.458 e. The SMILES string of the molecule is C[C@H](OC(=O)CCC(=O)c1ccc(Cl)s1)c1cccc([N+](=O)[O-])c1. The standard InChI is InChI=1S/C16H14ClNO5S/c1-10(11-3-2-4-12(9-11)18(21)22)23-16(20)8-5-13(19)14-6-7-15(17)24-14/h2-4,6-7,9-10H,5,8H2,1H3/t10-/m0/s1. The summed E-state index contributed by atoms with van der Waals surface area (Å²) < 4.78 is 5.74. The minimum Gasteiger partial charge on any atom is -0.458 e. The Bertz CT molecular complexity index is 773. The lowest BCUT2D eigenvalue weighted by Crippen LogP contribution is -2.11. The summed E-state index contributed by atoms with van der Waals surface area (Å²) in [6.07, 6.45) is -0.672. The molecule has 2 rings (SSSR count). The number of ether oxygens (including phenoxy) is 1. The molecule has 0 N–H and O–H groups in total. The Morgan fingerprint density at radius 1 is 1.29 bits per heavy atom. The fourth-order valence-corrected chi connectivity index (χ4v) is 3.03. The molecule has 0 aliphatic heterocycles. The van der Waals surface area contributed by atoms with Crippen LogP contribution in [-0.2, 0) is 9.53 Å². The van der Waals surface area contributed by atoms with Gasteiger partial charge >= 0.3 is 5.97 Å². The Labute approximate surface area is 147 Å². The third kappa shape index (κ3) is 4.87. The van der Waals surface area contributed by atoms with Crippen molar-refractivity contribution in [2.75, 3.05) is 0 Å². The Hall–Kier alpha value is -2.25. The van der Waals surface area contributed by atoms with Gasteiger partial charge in [0.25, 0.3) is 5.69 Å². The first kappa shape index (κ1) is 18.1. The van der Waals surface area contributed by atoms with E-state index >= 15 is 0 Å². The number of halogens is 1. The summed E-state index contributed by atoms with van der Waals surface area (Å²) in [5, 5.41) is 10.8. The molecule has 0 saturated carbocycles. The van der Waals surface area contributed by atoms with Crippen molar-refractivity contribution in [3.05, 3.63) is 61.3 Å². The second-order valence-corrected chi connectivity index (χ2v) is 6.73. The van der Waals surface area contributed by atoms with Gasteiger partial charge in [0.15, 0.2) is 5.78 Å². The molecule has 126 valence electrons. The van der Waals surface area contributed by atoms with Gasteiger partial charge in [-0.3, -0.25) is 19.7 Å². The minimum absolute atomic E-state index is 0.0251.